The van der Waals surface area contributed by atoms with Crippen molar-refractivity contribution in [3.05, 3.63) is 21.3 Å². The lowest BCUT2D eigenvalue weighted by Crippen LogP contribution is -2.13. The molecule has 0 nitrogen and oxygen atoms in total. The molecule has 0 saturated carbocycles. The summed E-state index contributed by atoms with van der Waals surface area (Å²) in [6, 6.07) is 2.00. The van der Waals surface area contributed by atoms with E-state index in [-0.39, 0.29) is 4.75 Å². The van der Waals surface area contributed by atoms with E-state index in [4.69, 9.17) is 11.6 Å². The number of hydrogen-bond donors (Lipinski definition) is 1. The molecule has 0 saturated heterocycles. The van der Waals surface area contributed by atoms with Crippen LogP contribution in [0.4, 0.5) is 0 Å². The fourth-order valence-corrected chi connectivity index (χ4v) is 2.03. The van der Waals surface area contributed by atoms with E-state index in [0.717, 1.165) is 10.8 Å². The van der Waals surface area contributed by atoms with E-state index in [1.807, 2.05) is 6.07 Å². The van der Waals surface area contributed by atoms with Gasteiger partial charge in [-0.05, 0) is 23.4 Å². The van der Waals surface area contributed by atoms with Gasteiger partial charge in [0.2, 0.25) is 0 Å². The van der Waals surface area contributed by atoms with E-state index in [9.17, 15) is 0 Å². The van der Waals surface area contributed by atoms with Gasteiger partial charge in [-0.25, -0.2) is 0 Å². The zero-order chi connectivity index (χ0) is 8.48. The van der Waals surface area contributed by atoms with Gasteiger partial charge in [0.25, 0.3) is 0 Å². The molecule has 0 radical (unpaired) electrons. The van der Waals surface area contributed by atoms with Crippen molar-refractivity contribution in [1.29, 1.82) is 0 Å². The molecular formula is C8H11ClS2. The highest BCUT2D eigenvalue weighted by molar-refractivity contribution is 7.81. The largest absolute Gasteiger partial charge is 0.173 e. The first kappa shape index (κ1) is 9.43. The van der Waals surface area contributed by atoms with Crippen LogP contribution in [0.15, 0.2) is 11.4 Å². The third-order valence-electron chi connectivity index (χ3n) is 1.26. The van der Waals surface area contributed by atoms with E-state index in [0.29, 0.717) is 0 Å². The van der Waals surface area contributed by atoms with Crippen molar-refractivity contribution in [1.82, 2.24) is 0 Å². The van der Waals surface area contributed by atoms with Crippen LogP contribution in [0.3, 0.4) is 0 Å². The van der Waals surface area contributed by atoms with Crippen molar-refractivity contribution in [3.8, 4) is 0 Å². The van der Waals surface area contributed by atoms with Gasteiger partial charge in [-0.3, -0.25) is 0 Å². The summed E-state index contributed by atoms with van der Waals surface area (Å²) >= 11 is 11.8. The first-order chi connectivity index (χ1) is 4.97. The Balaban J connectivity index is 2.65. The van der Waals surface area contributed by atoms with Gasteiger partial charge in [0.15, 0.2) is 0 Å². The summed E-state index contributed by atoms with van der Waals surface area (Å²) in [7, 11) is 0. The normalized spacial score (nSPS) is 12.0. The molecule has 1 aromatic heterocycles. The van der Waals surface area contributed by atoms with E-state index in [1.165, 1.54) is 5.56 Å². The molecule has 0 spiro atoms. The van der Waals surface area contributed by atoms with Crippen molar-refractivity contribution in [2.75, 3.05) is 0 Å². The van der Waals surface area contributed by atoms with Crippen LogP contribution < -0.4 is 0 Å². The number of hydrogen-bond acceptors (Lipinski definition) is 2. The Bertz CT molecular complexity index is 234. The van der Waals surface area contributed by atoms with Crippen molar-refractivity contribution in [3.63, 3.8) is 0 Å². The van der Waals surface area contributed by atoms with Crippen molar-refractivity contribution in [2.24, 2.45) is 0 Å². The van der Waals surface area contributed by atoms with E-state index >= 15 is 0 Å². The smallest absolute Gasteiger partial charge is 0.0931 e. The molecule has 0 aliphatic carbocycles. The molecular weight excluding hydrogens is 196 g/mol. The van der Waals surface area contributed by atoms with Crippen LogP contribution >= 0.6 is 35.6 Å². The topological polar surface area (TPSA) is 0 Å². The second kappa shape index (κ2) is 3.38. The van der Waals surface area contributed by atoms with Crippen LogP contribution in [0.2, 0.25) is 4.34 Å². The summed E-state index contributed by atoms with van der Waals surface area (Å²) < 4.78 is 0.919. The molecule has 0 amide bonds. The number of halogens is 1. The first-order valence-electron chi connectivity index (χ1n) is 3.43. The lowest BCUT2D eigenvalue weighted by molar-refractivity contribution is 0.716. The van der Waals surface area contributed by atoms with E-state index in [1.54, 1.807) is 11.3 Å². The third kappa shape index (κ3) is 3.50. The maximum absolute atomic E-state index is 5.78. The van der Waals surface area contributed by atoms with Crippen molar-refractivity contribution < 1.29 is 0 Å². The highest BCUT2D eigenvalue weighted by atomic mass is 35.5. The average molecular weight is 207 g/mol. The predicted molar refractivity (Wildman–Crippen MR) is 56.1 cm³/mol. The van der Waals surface area contributed by atoms with Crippen molar-refractivity contribution in [2.45, 2.75) is 25.0 Å². The molecule has 1 rings (SSSR count). The maximum atomic E-state index is 5.78. The molecule has 11 heavy (non-hydrogen) atoms. The lowest BCUT2D eigenvalue weighted by Gasteiger charge is -2.15. The van der Waals surface area contributed by atoms with Crippen LogP contribution in [0, 0.1) is 0 Å². The average Bonchev–Trinajstić information content (AvgIpc) is 2.10. The molecule has 1 aromatic rings. The van der Waals surface area contributed by atoms with Gasteiger partial charge in [-0.1, -0.05) is 25.4 Å². The van der Waals surface area contributed by atoms with Gasteiger partial charge in [0.05, 0.1) is 4.34 Å². The lowest BCUT2D eigenvalue weighted by atomic mass is 10.1. The third-order valence-corrected chi connectivity index (χ3v) is 2.56. The molecule has 1 heterocycles. The van der Waals surface area contributed by atoms with Gasteiger partial charge < -0.3 is 0 Å². The summed E-state index contributed by atoms with van der Waals surface area (Å²) in [5, 5.41) is 2.08. The monoisotopic (exact) mass is 206 g/mol. The Labute approximate surface area is 82.0 Å². The summed E-state index contributed by atoms with van der Waals surface area (Å²) in [6.07, 6.45) is 0.972. The van der Waals surface area contributed by atoms with Crippen LogP contribution in [-0.2, 0) is 6.42 Å². The zero-order valence-electron chi connectivity index (χ0n) is 6.60. The van der Waals surface area contributed by atoms with Gasteiger partial charge in [0.1, 0.15) is 0 Å². The number of thiophene rings is 1. The minimum absolute atomic E-state index is 0.0599. The van der Waals surface area contributed by atoms with Crippen LogP contribution in [0.5, 0.6) is 0 Å². The standard InChI is InChI=1S/C8H11ClS2/c1-8(2,10)4-6-3-7(9)11-5-6/h3,5,10H,4H2,1-2H3. The highest BCUT2D eigenvalue weighted by Crippen LogP contribution is 2.25. The molecule has 3 heteroatoms. The SMILES string of the molecule is CC(C)(S)Cc1csc(Cl)c1. The van der Waals surface area contributed by atoms with Crippen LogP contribution in [0.1, 0.15) is 19.4 Å². The van der Waals surface area contributed by atoms with E-state index < -0.39 is 0 Å². The summed E-state index contributed by atoms with van der Waals surface area (Å²) in [5.74, 6) is 0. The van der Waals surface area contributed by atoms with E-state index in [2.05, 4.69) is 31.9 Å². The minimum Gasteiger partial charge on any atom is -0.173 e. The quantitative estimate of drug-likeness (QED) is 0.702. The Kier molecular flexibility index (Phi) is 2.90. The Morgan fingerprint density at radius 2 is 2.27 bits per heavy atom. The Hall–Kier alpha value is 0.340. The molecule has 62 valence electrons. The zero-order valence-corrected chi connectivity index (χ0v) is 9.06. The fourth-order valence-electron chi connectivity index (χ4n) is 0.938. The first-order valence-corrected chi connectivity index (χ1v) is 5.13. The highest BCUT2D eigenvalue weighted by Gasteiger charge is 2.12. The molecule has 0 fully saturated rings. The molecule has 0 aliphatic rings. The summed E-state index contributed by atoms with van der Waals surface area (Å²) in [4.78, 5) is 0. The molecule has 0 aromatic carbocycles. The van der Waals surface area contributed by atoms with Gasteiger partial charge in [-0.15, -0.1) is 11.3 Å². The van der Waals surface area contributed by atoms with Crippen LogP contribution in [-0.4, -0.2) is 4.75 Å². The molecule has 0 N–H and O–H groups in total. The molecule has 0 aliphatic heterocycles. The molecule has 0 atom stereocenters. The Morgan fingerprint density at radius 3 is 2.64 bits per heavy atom. The summed E-state index contributed by atoms with van der Waals surface area (Å²) in [6.45, 7) is 4.20. The van der Waals surface area contributed by atoms with Gasteiger partial charge >= 0.3 is 0 Å². The van der Waals surface area contributed by atoms with Crippen molar-refractivity contribution >= 4 is 35.6 Å². The molecule has 0 unspecified atom stereocenters. The minimum atomic E-state index is 0.0599. The number of rotatable bonds is 2. The number of thiol groups is 1. The molecule has 0 bridgehead atoms. The maximum Gasteiger partial charge on any atom is 0.0931 e. The van der Waals surface area contributed by atoms with Gasteiger partial charge in [-0.2, -0.15) is 12.6 Å². The van der Waals surface area contributed by atoms with Crippen LogP contribution in [0.25, 0.3) is 0 Å². The Morgan fingerprint density at radius 1 is 1.64 bits per heavy atom. The summed E-state index contributed by atoms with van der Waals surface area (Å²) in [5.41, 5.74) is 1.28. The second-order valence-corrected chi connectivity index (χ2v) is 6.00. The predicted octanol–water partition coefficient (Wildman–Crippen LogP) is 3.65. The fraction of sp³-hybridized carbons (Fsp3) is 0.500. The second-order valence-electron chi connectivity index (χ2n) is 3.25. The van der Waals surface area contributed by atoms with Gasteiger partial charge in [0, 0.05) is 4.75 Å².